The molecule has 26 heavy (non-hydrogen) atoms. The van der Waals surface area contributed by atoms with E-state index in [4.69, 9.17) is 9.47 Å². The maximum absolute atomic E-state index is 6.24. The molecule has 1 N–H and O–H groups in total. The molecule has 1 aliphatic heterocycles. The zero-order chi connectivity index (χ0) is 17.9. The molecule has 0 unspecified atom stereocenters. The number of rotatable bonds is 4. The molecule has 0 saturated carbocycles. The molecule has 1 aliphatic rings. The van der Waals surface area contributed by atoms with Crippen LogP contribution in [-0.2, 0) is 0 Å². The molecule has 0 saturated heterocycles. The van der Waals surface area contributed by atoms with Crippen LogP contribution >= 0.6 is 11.8 Å². The van der Waals surface area contributed by atoms with Crippen LogP contribution in [0.25, 0.3) is 11.3 Å². The van der Waals surface area contributed by atoms with E-state index in [2.05, 4.69) is 20.5 Å². The molecule has 6 nitrogen and oxygen atoms in total. The number of fused-ring (bicyclic) bond motifs is 3. The first-order chi connectivity index (χ1) is 12.8. The van der Waals surface area contributed by atoms with Gasteiger partial charge in [0.05, 0.1) is 12.2 Å². The molecule has 4 rings (SSSR count). The van der Waals surface area contributed by atoms with Crippen molar-refractivity contribution in [1.29, 1.82) is 0 Å². The van der Waals surface area contributed by atoms with E-state index in [1.165, 1.54) is 11.8 Å². The standard InChI is InChI=1S/C19H18N4O2S/c1-3-24-15-11-7-5-9-13(15)17-20-14-10-6-4-8-12(14)16-18(25-17)21-19(26-2)23-22-16/h4-11,17,20H,3H2,1-2H3/t17-/m0/s1. The van der Waals surface area contributed by atoms with Crippen molar-refractivity contribution in [3.8, 4) is 22.9 Å². The predicted octanol–water partition coefficient (Wildman–Crippen LogP) is 4.16. The number of para-hydroxylation sites is 2. The van der Waals surface area contributed by atoms with Gasteiger partial charge in [0.25, 0.3) is 0 Å². The summed E-state index contributed by atoms with van der Waals surface area (Å²) < 4.78 is 12.0. The number of anilines is 1. The molecule has 7 heteroatoms. The van der Waals surface area contributed by atoms with E-state index in [1.54, 1.807) is 0 Å². The predicted molar refractivity (Wildman–Crippen MR) is 102 cm³/mol. The van der Waals surface area contributed by atoms with Gasteiger partial charge in [0, 0.05) is 11.3 Å². The molecule has 0 bridgehead atoms. The molecular weight excluding hydrogens is 348 g/mol. The lowest BCUT2D eigenvalue weighted by Gasteiger charge is -2.21. The van der Waals surface area contributed by atoms with Gasteiger partial charge in [-0.3, -0.25) is 0 Å². The van der Waals surface area contributed by atoms with Gasteiger partial charge in [0.15, 0.2) is 5.69 Å². The van der Waals surface area contributed by atoms with Gasteiger partial charge in [-0.25, -0.2) is 0 Å². The molecule has 0 spiro atoms. The van der Waals surface area contributed by atoms with Crippen molar-refractivity contribution in [2.45, 2.75) is 18.3 Å². The van der Waals surface area contributed by atoms with Crippen molar-refractivity contribution in [2.75, 3.05) is 18.2 Å². The van der Waals surface area contributed by atoms with E-state index in [0.29, 0.717) is 23.3 Å². The second kappa shape index (κ2) is 7.21. The van der Waals surface area contributed by atoms with Crippen molar-refractivity contribution < 1.29 is 9.47 Å². The molecule has 0 aliphatic carbocycles. The second-order valence-corrected chi connectivity index (χ2v) is 6.38. The first-order valence-electron chi connectivity index (χ1n) is 8.33. The fourth-order valence-corrected chi connectivity index (χ4v) is 3.16. The zero-order valence-corrected chi connectivity index (χ0v) is 15.3. The maximum Gasteiger partial charge on any atom is 0.247 e. The van der Waals surface area contributed by atoms with Crippen LogP contribution in [0.3, 0.4) is 0 Å². The van der Waals surface area contributed by atoms with E-state index >= 15 is 0 Å². The van der Waals surface area contributed by atoms with Gasteiger partial charge in [-0.1, -0.05) is 42.1 Å². The van der Waals surface area contributed by atoms with Crippen molar-refractivity contribution in [3.05, 3.63) is 54.1 Å². The van der Waals surface area contributed by atoms with Gasteiger partial charge in [-0.05, 0) is 31.4 Å². The van der Waals surface area contributed by atoms with E-state index in [0.717, 1.165) is 22.6 Å². The largest absolute Gasteiger partial charge is 0.493 e. The van der Waals surface area contributed by atoms with E-state index in [9.17, 15) is 0 Å². The van der Waals surface area contributed by atoms with Gasteiger partial charge < -0.3 is 14.8 Å². The van der Waals surface area contributed by atoms with E-state index < -0.39 is 6.23 Å². The molecule has 2 aromatic carbocycles. The molecule has 132 valence electrons. The number of aromatic nitrogens is 3. The summed E-state index contributed by atoms with van der Waals surface area (Å²) in [6.07, 6.45) is 1.46. The van der Waals surface area contributed by atoms with Crippen molar-refractivity contribution in [3.63, 3.8) is 0 Å². The minimum absolute atomic E-state index is 0.452. The maximum atomic E-state index is 6.24. The molecule has 0 amide bonds. The Hall–Kier alpha value is -2.80. The minimum Gasteiger partial charge on any atom is -0.493 e. The van der Waals surface area contributed by atoms with Crippen LogP contribution in [-0.4, -0.2) is 28.0 Å². The Morgan fingerprint density at radius 3 is 2.77 bits per heavy atom. The minimum atomic E-state index is -0.452. The number of nitrogens with zero attached hydrogens (tertiary/aromatic N) is 3. The lowest BCUT2D eigenvalue weighted by molar-refractivity contribution is 0.217. The van der Waals surface area contributed by atoms with Gasteiger partial charge in [-0.2, -0.15) is 4.98 Å². The van der Waals surface area contributed by atoms with Crippen LogP contribution in [0, 0.1) is 0 Å². The Morgan fingerprint density at radius 1 is 1.12 bits per heavy atom. The van der Waals surface area contributed by atoms with Gasteiger partial charge in [-0.15, -0.1) is 10.2 Å². The third-order valence-electron chi connectivity index (χ3n) is 4.02. The third-order valence-corrected chi connectivity index (χ3v) is 4.56. The van der Waals surface area contributed by atoms with Crippen LogP contribution in [0.5, 0.6) is 11.6 Å². The summed E-state index contributed by atoms with van der Waals surface area (Å²) in [5, 5.41) is 12.5. The number of ether oxygens (including phenoxy) is 2. The first kappa shape index (κ1) is 16.7. The Labute approximate surface area is 156 Å². The topological polar surface area (TPSA) is 69.2 Å². The van der Waals surface area contributed by atoms with Crippen LogP contribution in [0.4, 0.5) is 5.69 Å². The van der Waals surface area contributed by atoms with Gasteiger partial charge >= 0.3 is 0 Å². The smallest absolute Gasteiger partial charge is 0.247 e. The molecule has 0 radical (unpaired) electrons. The number of nitrogens with one attached hydrogen (secondary N) is 1. The quantitative estimate of drug-likeness (QED) is 0.695. The van der Waals surface area contributed by atoms with Crippen molar-refractivity contribution >= 4 is 17.4 Å². The van der Waals surface area contributed by atoms with E-state index in [-0.39, 0.29) is 0 Å². The van der Waals surface area contributed by atoms with Gasteiger partial charge in [0.2, 0.25) is 17.3 Å². The van der Waals surface area contributed by atoms with Crippen LogP contribution in [0.1, 0.15) is 18.7 Å². The Morgan fingerprint density at radius 2 is 1.92 bits per heavy atom. The average Bonchev–Trinajstić information content (AvgIpc) is 2.85. The molecule has 3 aromatic rings. The SMILES string of the molecule is CCOc1ccccc1[C@H]1Nc2ccccc2-c2nnc(SC)nc2O1. The Kier molecular flexibility index (Phi) is 4.62. The van der Waals surface area contributed by atoms with Crippen molar-refractivity contribution in [1.82, 2.24) is 15.2 Å². The fraction of sp³-hybridized carbons (Fsp3) is 0.211. The highest BCUT2D eigenvalue weighted by Crippen LogP contribution is 2.40. The summed E-state index contributed by atoms with van der Waals surface area (Å²) in [6.45, 7) is 2.54. The first-order valence-corrected chi connectivity index (χ1v) is 9.55. The zero-order valence-electron chi connectivity index (χ0n) is 14.5. The highest BCUT2D eigenvalue weighted by molar-refractivity contribution is 7.98. The van der Waals surface area contributed by atoms with Crippen LogP contribution in [0.15, 0.2) is 53.7 Å². The summed E-state index contributed by atoms with van der Waals surface area (Å²) in [4.78, 5) is 4.53. The highest BCUT2D eigenvalue weighted by atomic mass is 32.2. The Bertz CT molecular complexity index is 935. The molecule has 1 atom stereocenters. The summed E-state index contributed by atoms with van der Waals surface area (Å²) in [6, 6.07) is 15.7. The molecule has 2 heterocycles. The number of hydrogen-bond donors (Lipinski definition) is 1. The second-order valence-electron chi connectivity index (χ2n) is 5.61. The number of hydrogen-bond acceptors (Lipinski definition) is 7. The monoisotopic (exact) mass is 366 g/mol. The third kappa shape index (κ3) is 3.06. The summed E-state index contributed by atoms with van der Waals surface area (Å²) in [7, 11) is 0. The van der Waals surface area contributed by atoms with Gasteiger partial charge in [0.1, 0.15) is 5.75 Å². The average molecular weight is 366 g/mol. The number of thioether (sulfide) groups is 1. The lowest BCUT2D eigenvalue weighted by atomic mass is 10.1. The summed E-state index contributed by atoms with van der Waals surface area (Å²) in [5.74, 6) is 1.23. The van der Waals surface area contributed by atoms with E-state index in [1.807, 2.05) is 61.7 Å². The normalized spacial score (nSPS) is 15.1. The highest BCUT2D eigenvalue weighted by Gasteiger charge is 2.27. The van der Waals surface area contributed by atoms with Crippen LogP contribution < -0.4 is 14.8 Å². The summed E-state index contributed by atoms with van der Waals surface area (Å²) >= 11 is 1.43. The molecule has 1 aromatic heterocycles. The lowest BCUT2D eigenvalue weighted by Crippen LogP contribution is -2.18. The number of benzene rings is 2. The Balaban J connectivity index is 1.85. The fourth-order valence-electron chi connectivity index (χ4n) is 2.86. The summed E-state index contributed by atoms with van der Waals surface area (Å²) in [5.41, 5.74) is 3.35. The van der Waals surface area contributed by atoms with Crippen LogP contribution in [0.2, 0.25) is 0 Å². The molecular formula is C19H18N4O2S. The molecule has 0 fully saturated rings. The van der Waals surface area contributed by atoms with Crippen molar-refractivity contribution in [2.24, 2.45) is 0 Å².